The molecule has 2 nitrogen and oxygen atoms in total. The van der Waals surface area contributed by atoms with Crippen LogP contribution in [0.15, 0.2) is 24.3 Å². The molecule has 0 unspecified atom stereocenters. The van der Waals surface area contributed by atoms with Gasteiger partial charge in [0.15, 0.2) is 0 Å². The Kier molecular flexibility index (Phi) is 4.43. The summed E-state index contributed by atoms with van der Waals surface area (Å²) in [5.74, 6) is 1.67. The lowest BCUT2D eigenvalue weighted by atomic mass is 9.97. The summed E-state index contributed by atoms with van der Waals surface area (Å²) in [4.78, 5) is 0. The molecule has 17 heavy (non-hydrogen) atoms. The summed E-state index contributed by atoms with van der Waals surface area (Å²) in [6.45, 7) is 6.66. The molecule has 1 heterocycles. The van der Waals surface area contributed by atoms with Crippen LogP contribution in [0.3, 0.4) is 0 Å². The molecule has 1 saturated heterocycles. The van der Waals surface area contributed by atoms with Gasteiger partial charge in [0.1, 0.15) is 11.9 Å². The molecule has 1 atom stereocenters. The second-order valence-electron chi connectivity index (χ2n) is 4.91. The van der Waals surface area contributed by atoms with Gasteiger partial charge in [-0.25, -0.2) is 0 Å². The van der Waals surface area contributed by atoms with Gasteiger partial charge in [-0.1, -0.05) is 32.0 Å². The zero-order valence-electron chi connectivity index (χ0n) is 10.9. The predicted octanol–water partition coefficient (Wildman–Crippen LogP) is 3.33. The minimum atomic E-state index is 0.390. The first-order valence-corrected chi connectivity index (χ1v) is 6.77. The van der Waals surface area contributed by atoms with Crippen LogP contribution in [0.25, 0.3) is 0 Å². The molecule has 1 aliphatic heterocycles. The van der Waals surface area contributed by atoms with Crippen LogP contribution in [0.1, 0.15) is 44.6 Å². The highest BCUT2D eigenvalue weighted by atomic mass is 16.5. The lowest BCUT2D eigenvalue weighted by molar-refractivity contribution is 0.160. The zero-order valence-corrected chi connectivity index (χ0v) is 10.9. The molecule has 0 bridgehead atoms. The molecular weight excluding hydrogens is 210 g/mol. The number of benzene rings is 1. The summed E-state index contributed by atoms with van der Waals surface area (Å²) < 4.78 is 6.17. The van der Waals surface area contributed by atoms with E-state index in [4.69, 9.17) is 4.74 Å². The molecule has 1 N–H and O–H groups in total. The number of ether oxygens (including phenoxy) is 1. The summed E-state index contributed by atoms with van der Waals surface area (Å²) in [5.41, 5.74) is 1.36. The van der Waals surface area contributed by atoms with Crippen LogP contribution in [0.5, 0.6) is 5.75 Å². The van der Waals surface area contributed by atoms with E-state index >= 15 is 0 Å². The number of para-hydroxylation sites is 1. The molecule has 0 amide bonds. The number of rotatable bonds is 4. The Morgan fingerprint density at radius 3 is 2.71 bits per heavy atom. The van der Waals surface area contributed by atoms with E-state index in [1.165, 1.54) is 5.56 Å². The molecule has 0 radical (unpaired) electrons. The second-order valence-corrected chi connectivity index (χ2v) is 4.91. The first kappa shape index (κ1) is 12.4. The van der Waals surface area contributed by atoms with Crippen LogP contribution in [0.4, 0.5) is 0 Å². The largest absolute Gasteiger partial charge is 0.490 e. The van der Waals surface area contributed by atoms with Gasteiger partial charge < -0.3 is 10.1 Å². The average molecular weight is 233 g/mol. The Hall–Kier alpha value is -1.02. The van der Waals surface area contributed by atoms with E-state index in [1.54, 1.807) is 0 Å². The third-order valence-electron chi connectivity index (χ3n) is 3.64. The fraction of sp³-hybridized carbons (Fsp3) is 0.600. The highest BCUT2D eigenvalue weighted by molar-refractivity contribution is 5.36. The maximum absolute atomic E-state index is 6.17. The van der Waals surface area contributed by atoms with E-state index in [9.17, 15) is 0 Å². The first-order valence-electron chi connectivity index (χ1n) is 6.77. The third-order valence-corrected chi connectivity index (χ3v) is 3.64. The maximum atomic E-state index is 6.17. The number of piperidine rings is 1. The van der Waals surface area contributed by atoms with Crippen molar-refractivity contribution in [3.63, 3.8) is 0 Å². The van der Waals surface area contributed by atoms with E-state index < -0.39 is 0 Å². The highest BCUT2D eigenvalue weighted by Crippen LogP contribution is 2.29. The maximum Gasteiger partial charge on any atom is 0.123 e. The van der Waals surface area contributed by atoms with Crippen molar-refractivity contribution in [1.29, 1.82) is 0 Å². The van der Waals surface area contributed by atoms with Crippen LogP contribution < -0.4 is 10.1 Å². The van der Waals surface area contributed by atoms with Crippen LogP contribution in [0, 0.1) is 0 Å². The lowest BCUT2D eigenvalue weighted by Gasteiger charge is -2.26. The van der Waals surface area contributed by atoms with Gasteiger partial charge >= 0.3 is 0 Å². The number of nitrogens with one attached hydrogen (secondary N) is 1. The van der Waals surface area contributed by atoms with Crippen molar-refractivity contribution in [2.45, 2.75) is 45.1 Å². The van der Waals surface area contributed by atoms with Crippen molar-refractivity contribution >= 4 is 0 Å². The Bertz CT molecular complexity index is 345. The number of hydrogen-bond acceptors (Lipinski definition) is 2. The lowest BCUT2D eigenvalue weighted by Crippen LogP contribution is -2.34. The summed E-state index contributed by atoms with van der Waals surface area (Å²) >= 11 is 0. The topological polar surface area (TPSA) is 21.3 Å². The quantitative estimate of drug-likeness (QED) is 0.861. The van der Waals surface area contributed by atoms with Crippen molar-refractivity contribution in [3.05, 3.63) is 29.8 Å². The van der Waals surface area contributed by atoms with Gasteiger partial charge in [0.2, 0.25) is 0 Å². The molecule has 0 aromatic heterocycles. The zero-order chi connectivity index (χ0) is 12.1. The van der Waals surface area contributed by atoms with E-state index in [0.29, 0.717) is 12.0 Å². The van der Waals surface area contributed by atoms with Crippen LogP contribution in [-0.2, 0) is 0 Å². The van der Waals surface area contributed by atoms with Crippen LogP contribution in [0.2, 0.25) is 0 Å². The molecule has 0 saturated carbocycles. The average Bonchev–Trinajstić information content (AvgIpc) is 2.40. The number of hydrogen-bond donors (Lipinski definition) is 1. The van der Waals surface area contributed by atoms with E-state index in [1.807, 2.05) is 0 Å². The molecule has 1 aromatic carbocycles. The molecule has 0 spiro atoms. The molecule has 1 aliphatic rings. The SMILES string of the molecule is CC[C@@H](C)c1ccccc1OC1CCNCC1. The second kappa shape index (κ2) is 6.06. The van der Waals surface area contributed by atoms with Gasteiger partial charge in [0.25, 0.3) is 0 Å². The fourth-order valence-electron chi connectivity index (χ4n) is 2.31. The minimum Gasteiger partial charge on any atom is -0.490 e. The van der Waals surface area contributed by atoms with Crippen molar-refractivity contribution in [2.75, 3.05) is 13.1 Å². The Morgan fingerprint density at radius 2 is 2.00 bits per heavy atom. The smallest absolute Gasteiger partial charge is 0.123 e. The van der Waals surface area contributed by atoms with Gasteiger partial charge in [-0.15, -0.1) is 0 Å². The Labute approximate surface area is 104 Å². The summed E-state index contributed by atoms with van der Waals surface area (Å²) in [6, 6.07) is 8.49. The predicted molar refractivity (Wildman–Crippen MR) is 71.7 cm³/mol. The molecule has 2 rings (SSSR count). The normalized spacial score (nSPS) is 18.9. The fourth-order valence-corrected chi connectivity index (χ4v) is 2.31. The van der Waals surface area contributed by atoms with Crippen molar-refractivity contribution in [3.8, 4) is 5.75 Å². The molecule has 94 valence electrons. The van der Waals surface area contributed by atoms with Crippen molar-refractivity contribution < 1.29 is 4.74 Å². The summed E-state index contributed by atoms with van der Waals surface area (Å²) in [6.07, 6.45) is 3.79. The van der Waals surface area contributed by atoms with Gasteiger partial charge in [-0.05, 0) is 49.9 Å². The third kappa shape index (κ3) is 3.22. The highest BCUT2D eigenvalue weighted by Gasteiger charge is 2.17. The van der Waals surface area contributed by atoms with Crippen LogP contribution in [-0.4, -0.2) is 19.2 Å². The molecule has 1 aromatic rings. The van der Waals surface area contributed by atoms with E-state index in [0.717, 1.165) is 38.1 Å². The summed E-state index contributed by atoms with van der Waals surface area (Å²) in [7, 11) is 0. The van der Waals surface area contributed by atoms with Crippen molar-refractivity contribution in [1.82, 2.24) is 5.32 Å². The monoisotopic (exact) mass is 233 g/mol. The Balaban J connectivity index is 2.08. The van der Waals surface area contributed by atoms with Crippen LogP contribution >= 0.6 is 0 Å². The molecule has 0 aliphatic carbocycles. The Morgan fingerprint density at radius 1 is 1.29 bits per heavy atom. The van der Waals surface area contributed by atoms with Gasteiger partial charge in [0, 0.05) is 0 Å². The molecule has 1 fully saturated rings. The minimum absolute atomic E-state index is 0.390. The molecule has 2 heteroatoms. The van der Waals surface area contributed by atoms with E-state index in [2.05, 4.69) is 43.4 Å². The standard InChI is InChI=1S/C15H23NO/c1-3-12(2)14-6-4-5-7-15(14)17-13-8-10-16-11-9-13/h4-7,12-13,16H,3,8-11H2,1-2H3/t12-/m1/s1. The van der Waals surface area contributed by atoms with Crippen molar-refractivity contribution in [2.24, 2.45) is 0 Å². The molecular formula is C15H23NO. The van der Waals surface area contributed by atoms with Gasteiger partial charge in [-0.2, -0.15) is 0 Å². The first-order chi connectivity index (χ1) is 8.31. The summed E-state index contributed by atoms with van der Waals surface area (Å²) in [5, 5.41) is 3.37. The van der Waals surface area contributed by atoms with E-state index in [-0.39, 0.29) is 0 Å². The van der Waals surface area contributed by atoms with Gasteiger partial charge in [0.05, 0.1) is 0 Å². The van der Waals surface area contributed by atoms with Gasteiger partial charge in [-0.3, -0.25) is 0 Å².